The summed E-state index contributed by atoms with van der Waals surface area (Å²) in [5.74, 6) is -0.705. The zero-order chi connectivity index (χ0) is 24.1. The molecule has 3 aromatic rings. The second kappa shape index (κ2) is 11.1. The topological polar surface area (TPSA) is 0 Å². The smallest absolute Gasteiger partial charge is 0.166 e. The van der Waals surface area contributed by atoms with Crippen LogP contribution in [0.15, 0.2) is 67.3 Å². The zero-order valence-corrected chi connectivity index (χ0v) is 19.9. The summed E-state index contributed by atoms with van der Waals surface area (Å²) in [4.78, 5) is 0. The summed E-state index contributed by atoms with van der Waals surface area (Å²) in [7, 11) is 0. The van der Waals surface area contributed by atoms with Crippen molar-refractivity contribution in [3.8, 4) is 22.3 Å². The number of rotatable bonds is 8. The van der Waals surface area contributed by atoms with Crippen LogP contribution in [0.5, 0.6) is 0 Å². The molecule has 0 aromatic heterocycles. The molecule has 178 valence electrons. The molecule has 1 saturated carbocycles. The highest BCUT2D eigenvalue weighted by molar-refractivity contribution is 5.71. The molecule has 34 heavy (non-hydrogen) atoms. The van der Waals surface area contributed by atoms with Gasteiger partial charge in [-0.25, -0.2) is 13.2 Å². The van der Waals surface area contributed by atoms with Gasteiger partial charge < -0.3 is 0 Å². The van der Waals surface area contributed by atoms with Crippen LogP contribution in [0, 0.1) is 23.4 Å². The average Bonchev–Trinajstić information content (AvgIpc) is 2.85. The van der Waals surface area contributed by atoms with Gasteiger partial charge in [-0.1, -0.05) is 74.4 Å². The first kappa shape index (κ1) is 24.3. The molecule has 1 fully saturated rings. The predicted molar refractivity (Wildman–Crippen MR) is 135 cm³/mol. The van der Waals surface area contributed by atoms with Crippen LogP contribution in [0.1, 0.15) is 68.9 Å². The summed E-state index contributed by atoms with van der Waals surface area (Å²) >= 11 is 0. The molecule has 0 saturated heterocycles. The molecular formula is C31H33F3. The fourth-order valence-corrected chi connectivity index (χ4v) is 5.06. The van der Waals surface area contributed by atoms with E-state index in [4.69, 9.17) is 0 Å². The Morgan fingerprint density at radius 2 is 1.47 bits per heavy atom. The standard InChI is InChI=1S/C31H33F3/c1-3-4-5-6-7-25-16-19-28(31(34)30(25)33)24-14-12-22(13-15-24)26-17-18-27(29(32)20-26)23-10-8-21(2)9-11-23/h3,12-21,23H,1,4-11H2,2H3. The van der Waals surface area contributed by atoms with E-state index in [1.54, 1.807) is 30.3 Å². The summed E-state index contributed by atoms with van der Waals surface area (Å²) < 4.78 is 44.4. The van der Waals surface area contributed by atoms with Crippen LogP contribution in [0.4, 0.5) is 13.2 Å². The molecule has 0 radical (unpaired) electrons. The molecular weight excluding hydrogens is 429 g/mol. The third kappa shape index (κ3) is 5.46. The second-order valence-electron chi connectivity index (χ2n) is 9.71. The van der Waals surface area contributed by atoms with Crippen molar-refractivity contribution in [3.05, 3.63) is 95.8 Å². The molecule has 0 atom stereocenters. The lowest BCUT2D eigenvalue weighted by atomic mass is 9.79. The van der Waals surface area contributed by atoms with Crippen LogP contribution in [-0.4, -0.2) is 0 Å². The molecule has 3 heteroatoms. The van der Waals surface area contributed by atoms with Crippen LogP contribution in [0.2, 0.25) is 0 Å². The Bertz CT molecular complexity index is 1120. The first-order valence-electron chi connectivity index (χ1n) is 12.5. The lowest BCUT2D eigenvalue weighted by Gasteiger charge is -2.26. The van der Waals surface area contributed by atoms with Gasteiger partial charge in [0.25, 0.3) is 0 Å². The van der Waals surface area contributed by atoms with E-state index in [2.05, 4.69) is 13.5 Å². The Hall–Kier alpha value is -2.81. The highest BCUT2D eigenvalue weighted by Gasteiger charge is 2.22. The Morgan fingerprint density at radius 1 is 0.794 bits per heavy atom. The third-order valence-electron chi connectivity index (χ3n) is 7.25. The molecule has 0 bridgehead atoms. The van der Waals surface area contributed by atoms with Crippen molar-refractivity contribution in [1.82, 2.24) is 0 Å². The maximum absolute atomic E-state index is 14.9. The maximum Gasteiger partial charge on any atom is 0.166 e. The highest BCUT2D eigenvalue weighted by atomic mass is 19.2. The number of hydrogen-bond donors (Lipinski definition) is 0. The van der Waals surface area contributed by atoms with Gasteiger partial charge in [-0.15, -0.1) is 6.58 Å². The van der Waals surface area contributed by atoms with E-state index in [0.717, 1.165) is 67.6 Å². The number of aryl methyl sites for hydroxylation is 1. The number of halogens is 3. The Kier molecular flexibility index (Phi) is 7.92. The lowest BCUT2D eigenvalue weighted by Crippen LogP contribution is -2.12. The highest BCUT2D eigenvalue weighted by Crippen LogP contribution is 2.38. The summed E-state index contributed by atoms with van der Waals surface area (Å²) in [5, 5.41) is 0. The number of benzene rings is 3. The minimum absolute atomic E-state index is 0.155. The summed E-state index contributed by atoms with van der Waals surface area (Å²) in [5.41, 5.74) is 3.71. The van der Waals surface area contributed by atoms with E-state index < -0.39 is 11.6 Å². The van der Waals surface area contributed by atoms with Crippen LogP contribution in [0.3, 0.4) is 0 Å². The maximum atomic E-state index is 14.9. The van der Waals surface area contributed by atoms with E-state index in [9.17, 15) is 13.2 Å². The van der Waals surface area contributed by atoms with Gasteiger partial charge in [-0.2, -0.15) is 0 Å². The summed E-state index contributed by atoms with van der Waals surface area (Å²) in [6, 6.07) is 16.0. The van der Waals surface area contributed by atoms with Crippen LogP contribution in [0.25, 0.3) is 22.3 Å². The monoisotopic (exact) mass is 462 g/mol. The molecule has 4 rings (SSSR count). The van der Waals surface area contributed by atoms with Gasteiger partial charge in [-0.3, -0.25) is 0 Å². The molecule has 1 aliphatic carbocycles. The first-order chi connectivity index (χ1) is 16.5. The summed E-state index contributed by atoms with van der Waals surface area (Å²) in [6.07, 6.45) is 9.33. The van der Waals surface area contributed by atoms with Crippen molar-refractivity contribution >= 4 is 0 Å². The Labute approximate surface area is 201 Å². The molecule has 0 spiro atoms. The number of unbranched alkanes of at least 4 members (excludes halogenated alkanes) is 2. The third-order valence-corrected chi connectivity index (χ3v) is 7.25. The van der Waals surface area contributed by atoms with Crippen molar-refractivity contribution in [2.45, 2.75) is 64.2 Å². The predicted octanol–water partition coefficient (Wildman–Crippen LogP) is 9.63. The zero-order valence-electron chi connectivity index (χ0n) is 19.9. The van der Waals surface area contributed by atoms with Crippen molar-refractivity contribution in [2.24, 2.45) is 5.92 Å². The van der Waals surface area contributed by atoms with Gasteiger partial charge in [0.2, 0.25) is 0 Å². The summed E-state index contributed by atoms with van der Waals surface area (Å²) in [6.45, 7) is 5.95. The molecule has 0 heterocycles. The molecule has 3 aromatic carbocycles. The van der Waals surface area contributed by atoms with E-state index in [1.165, 1.54) is 0 Å². The van der Waals surface area contributed by atoms with Crippen LogP contribution < -0.4 is 0 Å². The van der Waals surface area contributed by atoms with E-state index in [1.807, 2.05) is 30.3 Å². The number of hydrogen-bond acceptors (Lipinski definition) is 0. The number of allylic oxidation sites excluding steroid dienone is 1. The van der Waals surface area contributed by atoms with E-state index in [-0.39, 0.29) is 11.4 Å². The molecule has 0 amide bonds. The van der Waals surface area contributed by atoms with Gasteiger partial charge in [0, 0.05) is 5.56 Å². The van der Waals surface area contributed by atoms with E-state index in [0.29, 0.717) is 23.5 Å². The van der Waals surface area contributed by atoms with Crippen molar-refractivity contribution in [1.29, 1.82) is 0 Å². The fraction of sp³-hybridized carbons (Fsp3) is 0.355. The molecule has 0 nitrogen and oxygen atoms in total. The quantitative estimate of drug-likeness (QED) is 0.231. The fourth-order valence-electron chi connectivity index (χ4n) is 5.06. The molecule has 0 N–H and O–H groups in total. The van der Waals surface area contributed by atoms with E-state index >= 15 is 0 Å². The Morgan fingerprint density at radius 3 is 2.15 bits per heavy atom. The van der Waals surface area contributed by atoms with Crippen molar-refractivity contribution < 1.29 is 13.2 Å². The largest absolute Gasteiger partial charge is 0.207 e. The lowest BCUT2D eigenvalue weighted by molar-refractivity contribution is 0.342. The first-order valence-corrected chi connectivity index (χ1v) is 12.5. The minimum atomic E-state index is -0.814. The molecule has 0 aliphatic heterocycles. The second-order valence-corrected chi connectivity index (χ2v) is 9.71. The molecule has 0 unspecified atom stereocenters. The van der Waals surface area contributed by atoms with Gasteiger partial charge in [0.05, 0.1) is 0 Å². The molecule has 1 aliphatic rings. The normalized spacial score (nSPS) is 18.1. The van der Waals surface area contributed by atoms with Gasteiger partial charge in [-0.05, 0) is 84.2 Å². The van der Waals surface area contributed by atoms with Crippen molar-refractivity contribution in [2.75, 3.05) is 0 Å². The van der Waals surface area contributed by atoms with Gasteiger partial charge in [0.15, 0.2) is 11.6 Å². The van der Waals surface area contributed by atoms with Crippen LogP contribution >= 0.6 is 0 Å². The van der Waals surface area contributed by atoms with Gasteiger partial charge in [0.1, 0.15) is 5.82 Å². The Balaban J connectivity index is 1.49. The average molecular weight is 463 g/mol. The van der Waals surface area contributed by atoms with Crippen LogP contribution in [-0.2, 0) is 6.42 Å². The minimum Gasteiger partial charge on any atom is -0.207 e. The van der Waals surface area contributed by atoms with Gasteiger partial charge >= 0.3 is 0 Å². The van der Waals surface area contributed by atoms with Crippen molar-refractivity contribution in [3.63, 3.8) is 0 Å². The SMILES string of the molecule is C=CCCCCc1ccc(-c2ccc(-c3ccc(C4CCC(C)CC4)c(F)c3)cc2)c(F)c1F.